The van der Waals surface area contributed by atoms with Gasteiger partial charge in [0.05, 0.1) is 18.3 Å². The van der Waals surface area contributed by atoms with Crippen LogP contribution in [-0.4, -0.2) is 36.0 Å². The molecular formula is C19H21N3O2S. The SMILES string of the molecule is COc1ccc2cc3c(N)c(C(=O)N4CCC[C@H](C)C4)sc3nc2c1. The van der Waals surface area contributed by atoms with Crippen molar-refractivity contribution in [3.63, 3.8) is 0 Å². The van der Waals surface area contributed by atoms with Crippen molar-refractivity contribution >= 4 is 44.1 Å². The number of hydrogen-bond acceptors (Lipinski definition) is 5. The van der Waals surface area contributed by atoms with Crippen molar-refractivity contribution in [2.24, 2.45) is 5.92 Å². The van der Waals surface area contributed by atoms with Crippen molar-refractivity contribution in [3.8, 4) is 5.75 Å². The van der Waals surface area contributed by atoms with Gasteiger partial charge in [-0.05, 0) is 37.0 Å². The number of aromatic nitrogens is 1. The molecule has 1 aliphatic rings. The number of thiophene rings is 1. The Morgan fingerprint density at radius 1 is 1.40 bits per heavy atom. The van der Waals surface area contributed by atoms with Crippen LogP contribution in [0.25, 0.3) is 21.1 Å². The molecule has 1 aliphatic heterocycles. The van der Waals surface area contributed by atoms with Crippen molar-refractivity contribution in [2.75, 3.05) is 25.9 Å². The molecule has 1 aromatic carbocycles. The summed E-state index contributed by atoms with van der Waals surface area (Å²) in [6.07, 6.45) is 2.24. The number of pyridine rings is 1. The van der Waals surface area contributed by atoms with Gasteiger partial charge >= 0.3 is 0 Å². The fourth-order valence-corrected chi connectivity index (χ4v) is 4.53. The lowest BCUT2D eigenvalue weighted by atomic mass is 10.00. The second kappa shape index (κ2) is 6.19. The summed E-state index contributed by atoms with van der Waals surface area (Å²) in [5.41, 5.74) is 7.72. The van der Waals surface area contributed by atoms with Gasteiger partial charge in [0.1, 0.15) is 15.5 Å². The molecule has 5 nitrogen and oxygen atoms in total. The van der Waals surface area contributed by atoms with Crippen LogP contribution in [0.5, 0.6) is 5.75 Å². The number of nitrogen functional groups attached to an aromatic ring is 1. The van der Waals surface area contributed by atoms with Gasteiger partial charge in [-0.15, -0.1) is 11.3 Å². The van der Waals surface area contributed by atoms with Gasteiger partial charge in [0.15, 0.2) is 0 Å². The van der Waals surface area contributed by atoms with Crippen LogP contribution in [0, 0.1) is 5.92 Å². The van der Waals surface area contributed by atoms with Gasteiger partial charge in [0.25, 0.3) is 5.91 Å². The van der Waals surface area contributed by atoms with Crippen LogP contribution in [0.1, 0.15) is 29.4 Å². The second-order valence-electron chi connectivity index (χ2n) is 6.74. The van der Waals surface area contributed by atoms with E-state index in [0.29, 0.717) is 16.5 Å². The van der Waals surface area contributed by atoms with E-state index in [-0.39, 0.29) is 5.91 Å². The number of carbonyl (C=O) groups excluding carboxylic acids is 1. The average Bonchev–Trinajstić information content (AvgIpc) is 2.94. The number of carbonyl (C=O) groups is 1. The molecule has 1 atom stereocenters. The maximum absolute atomic E-state index is 12.9. The van der Waals surface area contributed by atoms with E-state index in [4.69, 9.17) is 15.5 Å². The van der Waals surface area contributed by atoms with Gasteiger partial charge in [-0.3, -0.25) is 4.79 Å². The Hall–Kier alpha value is -2.34. The van der Waals surface area contributed by atoms with Crippen LogP contribution in [0.4, 0.5) is 5.69 Å². The largest absolute Gasteiger partial charge is 0.497 e. The van der Waals surface area contributed by atoms with Gasteiger partial charge in [-0.1, -0.05) is 6.92 Å². The first-order chi connectivity index (χ1) is 12.1. The molecule has 2 N–H and O–H groups in total. The first kappa shape index (κ1) is 16.1. The van der Waals surface area contributed by atoms with E-state index in [1.807, 2.05) is 29.2 Å². The number of piperidine rings is 1. The predicted molar refractivity (Wildman–Crippen MR) is 102 cm³/mol. The number of fused-ring (bicyclic) bond motifs is 2. The maximum Gasteiger partial charge on any atom is 0.266 e. The molecule has 0 aliphatic carbocycles. The van der Waals surface area contributed by atoms with Gasteiger partial charge in [0.2, 0.25) is 0 Å². The molecule has 6 heteroatoms. The van der Waals surface area contributed by atoms with Crippen molar-refractivity contribution in [2.45, 2.75) is 19.8 Å². The zero-order valence-corrected chi connectivity index (χ0v) is 15.2. The van der Waals surface area contributed by atoms with Gasteiger partial charge < -0.3 is 15.4 Å². The molecule has 0 bridgehead atoms. The third-order valence-corrected chi connectivity index (χ3v) is 5.97. The minimum Gasteiger partial charge on any atom is -0.497 e. The van der Waals surface area contributed by atoms with Gasteiger partial charge in [0, 0.05) is 29.9 Å². The minimum absolute atomic E-state index is 0.0358. The predicted octanol–water partition coefficient (Wildman–Crippen LogP) is 3.91. The van der Waals surface area contributed by atoms with Crippen LogP contribution >= 0.6 is 11.3 Å². The van der Waals surface area contributed by atoms with Gasteiger partial charge in [-0.25, -0.2) is 4.98 Å². The highest BCUT2D eigenvalue weighted by molar-refractivity contribution is 7.21. The summed E-state index contributed by atoms with van der Waals surface area (Å²) in [6.45, 7) is 3.80. The zero-order valence-electron chi connectivity index (χ0n) is 14.4. The fraction of sp³-hybridized carbons (Fsp3) is 0.368. The summed E-state index contributed by atoms with van der Waals surface area (Å²) in [5.74, 6) is 1.35. The number of nitrogens with zero attached hydrogens (tertiary/aromatic N) is 2. The monoisotopic (exact) mass is 355 g/mol. The van der Waals surface area contributed by atoms with E-state index >= 15 is 0 Å². The van der Waals surface area contributed by atoms with E-state index < -0.39 is 0 Å². The lowest BCUT2D eigenvalue weighted by Gasteiger charge is -2.30. The van der Waals surface area contributed by atoms with Crippen LogP contribution < -0.4 is 10.5 Å². The summed E-state index contributed by atoms with van der Waals surface area (Å²) >= 11 is 1.39. The standard InChI is InChI=1S/C19H21N3O2S/c1-11-4-3-7-22(10-11)19(23)17-16(20)14-8-12-5-6-13(24-2)9-15(12)21-18(14)25-17/h5-6,8-9,11H,3-4,7,10,20H2,1-2H3/t11-/m0/s1. The molecular weight excluding hydrogens is 334 g/mol. The molecule has 130 valence electrons. The Balaban J connectivity index is 1.78. The number of amides is 1. The molecule has 25 heavy (non-hydrogen) atoms. The Bertz CT molecular complexity index is 966. The van der Waals surface area contributed by atoms with Crippen molar-refractivity contribution in [1.29, 1.82) is 0 Å². The molecule has 3 heterocycles. The molecule has 1 fully saturated rings. The number of hydrogen-bond donors (Lipinski definition) is 1. The first-order valence-corrected chi connectivity index (χ1v) is 9.34. The fourth-order valence-electron chi connectivity index (χ4n) is 3.48. The normalized spacial score (nSPS) is 18.0. The van der Waals surface area contributed by atoms with Gasteiger partial charge in [-0.2, -0.15) is 0 Å². The van der Waals surface area contributed by atoms with E-state index in [1.165, 1.54) is 17.8 Å². The van der Waals surface area contributed by atoms with Crippen LogP contribution in [0.3, 0.4) is 0 Å². The topological polar surface area (TPSA) is 68.5 Å². The van der Waals surface area contributed by atoms with E-state index in [2.05, 4.69) is 6.92 Å². The van der Waals surface area contributed by atoms with E-state index in [0.717, 1.165) is 46.4 Å². The Morgan fingerprint density at radius 3 is 3.00 bits per heavy atom. The molecule has 0 radical (unpaired) electrons. The number of benzene rings is 1. The Labute approximate surface area is 150 Å². The number of rotatable bonds is 2. The summed E-state index contributed by atoms with van der Waals surface area (Å²) < 4.78 is 5.27. The molecule has 1 amide bonds. The lowest BCUT2D eigenvalue weighted by molar-refractivity contribution is 0.0689. The third-order valence-electron chi connectivity index (χ3n) is 4.86. The number of methoxy groups -OCH3 is 1. The quantitative estimate of drug-likeness (QED) is 0.757. The first-order valence-electron chi connectivity index (χ1n) is 8.53. The van der Waals surface area contributed by atoms with Crippen molar-refractivity contribution < 1.29 is 9.53 Å². The minimum atomic E-state index is 0.0358. The molecule has 3 aromatic rings. The number of likely N-dealkylation sites (tertiary alicyclic amines) is 1. The number of nitrogens with two attached hydrogens (primary N) is 1. The average molecular weight is 355 g/mol. The summed E-state index contributed by atoms with van der Waals surface area (Å²) in [6, 6.07) is 7.78. The van der Waals surface area contributed by atoms with Crippen molar-refractivity contribution in [3.05, 3.63) is 29.1 Å². The van der Waals surface area contributed by atoms with Crippen LogP contribution in [-0.2, 0) is 0 Å². The number of anilines is 1. The highest BCUT2D eigenvalue weighted by atomic mass is 32.1. The third kappa shape index (κ3) is 2.80. The van der Waals surface area contributed by atoms with Crippen LogP contribution in [0.15, 0.2) is 24.3 Å². The summed E-state index contributed by atoms with van der Waals surface area (Å²) in [4.78, 5) is 21.0. The van der Waals surface area contributed by atoms with E-state index in [1.54, 1.807) is 7.11 Å². The summed E-state index contributed by atoms with van der Waals surface area (Å²) in [7, 11) is 1.64. The molecule has 4 rings (SSSR count). The molecule has 0 unspecified atom stereocenters. The molecule has 1 saturated heterocycles. The molecule has 2 aromatic heterocycles. The highest BCUT2D eigenvalue weighted by Gasteiger charge is 2.26. The summed E-state index contributed by atoms with van der Waals surface area (Å²) in [5, 5.41) is 1.85. The lowest BCUT2D eigenvalue weighted by Crippen LogP contribution is -2.38. The number of ether oxygens (including phenoxy) is 1. The van der Waals surface area contributed by atoms with Crippen molar-refractivity contribution in [1.82, 2.24) is 9.88 Å². The zero-order chi connectivity index (χ0) is 17.6. The molecule has 0 saturated carbocycles. The smallest absolute Gasteiger partial charge is 0.266 e. The second-order valence-corrected chi connectivity index (χ2v) is 7.74. The Morgan fingerprint density at radius 2 is 2.24 bits per heavy atom. The molecule has 0 spiro atoms. The Kier molecular flexibility index (Phi) is 4.00. The van der Waals surface area contributed by atoms with E-state index in [9.17, 15) is 4.79 Å². The van der Waals surface area contributed by atoms with Crippen LogP contribution in [0.2, 0.25) is 0 Å². The highest BCUT2D eigenvalue weighted by Crippen LogP contribution is 2.36. The maximum atomic E-state index is 12.9.